The minimum Gasteiger partial charge on any atom is -0.453 e. The maximum atomic E-state index is 11.0. The van der Waals surface area contributed by atoms with Crippen molar-refractivity contribution in [2.75, 3.05) is 6.61 Å². The first kappa shape index (κ1) is 10.6. The van der Waals surface area contributed by atoms with Gasteiger partial charge in [0, 0.05) is 6.08 Å². The summed E-state index contributed by atoms with van der Waals surface area (Å²) in [4.78, 5) is 11.0. The molecule has 0 aromatic carbocycles. The molecule has 0 amide bonds. The number of esters is 1. The number of carbonyl (C=O) groups excluding carboxylic acids is 1. The van der Waals surface area contributed by atoms with Crippen molar-refractivity contribution in [3.63, 3.8) is 0 Å². The van der Waals surface area contributed by atoms with Crippen LogP contribution < -0.4 is 0 Å². The van der Waals surface area contributed by atoms with Crippen LogP contribution in [0.2, 0.25) is 0 Å². The maximum Gasteiger partial charge on any atom is 0.330 e. The molecular weight excluding hydrogens is 200 g/mol. The Morgan fingerprint density at radius 2 is 2.27 bits per heavy atom. The molecule has 5 nitrogen and oxygen atoms in total. The van der Waals surface area contributed by atoms with Gasteiger partial charge in [-0.1, -0.05) is 0 Å². The first-order valence-electron chi connectivity index (χ1n) is 4.87. The van der Waals surface area contributed by atoms with E-state index in [1.807, 2.05) is 0 Å². The second-order valence-electron chi connectivity index (χ2n) is 4.12. The predicted molar refractivity (Wildman–Crippen MR) is 49.9 cm³/mol. The van der Waals surface area contributed by atoms with Crippen LogP contribution in [0.1, 0.15) is 13.8 Å². The number of rotatable bonds is 1. The van der Waals surface area contributed by atoms with Gasteiger partial charge < -0.3 is 19.3 Å². The van der Waals surface area contributed by atoms with Gasteiger partial charge in [-0.25, -0.2) is 4.79 Å². The molecule has 3 atom stereocenters. The summed E-state index contributed by atoms with van der Waals surface area (Å²) in [5, 5.41) is 9.62. The van der Waals surface area contributed by atoms with E-state index in [0.717, 1.165) is 0 Å². The van der Waals surface area contributed by atoms with Gasteiger partial charge in [0.2, 0.25) is 0 Å². The van der Waals surface area contributed by atoms with Crippen LogP contribution in [-0.2, 0) is 19.0 Å². The Morgan fingerprint density at radius 3 is 2.87 bits per heavy atom. The van der Waals surface area contributed by atoms with E-state index in [1.165, 1.54) is 12.2 Å². The Morgan fingerprint density at radius 1 is 1.53 bits per heavy atom. The second-order valence-corrected chi connectivity index (χ2v) is 4.12. The number of hydrogen-bond donors (Lipinski definition) is 1. The standard InChI is InChI=1S/C10H14O5/c1-10(2)13-5-7(15-10)9-6(11)3-4-8(12)14-9/h3-4,6-7,9,11H,5H2,1-2H3/t6-,7+,9+/m0/s1. The van der Waals surface area contributed by atoms with Crippen LogP contribution >= 0.6 is 0 Å². The van der Waals surface area contributed by atoms with Crippen molar-refractivity contribution in [3.05, 3.63) is 12.2 Å². The molecule has 2 heterocycles. The Labute approximate surface area is 87.6 Å². The molecule has 2 rings (SSSR count). The maximum absolute atomic E-state index is 11.0. The highest BCUT2D eigenvalue weighted by Crippen LogP contribution is 2.27. The molecule has 0 saturated carbocycles. The van der Waals surface area contributed by atoms with E-state index < -0.39 is 30.1 Å². The first-order valence-corrected chi connectivity index (χ1v) is 4.87. The summed E-state index contributed by atoms with van der Waals surface area (Å²) in [7, 11) is 0. The third-order valence-corrected chi connectivity index (χ3v) is 2.42. The van der Waals surface area contributed by atoms with Gasteiger partial charge in [0.05, 0.1) is 6.61 Å². The van der Waals surface area contributed by atoms with E-state index in [2.05, 4.69) is 0 Å². The van der Waals surface area contributed by atoms with E-state index in [-0.39, 0.29) is 0 Å². The van der Waals surface area contributed by atoms with Crippen LogP contribution in [0.4, 0.5) is 0 Å². The summed E-state index contributed by atoms with van der Waals surface area (Å²) in [5.74, 6) is -1.14. The molecule has 2 aliphatic heterocycles. The van der Waals surface area contributed by atoms with Crippen molar-refractivity contribution < 1.29 is 24.1 Å². The largest absolute Gasteiger partial charge is 0.453 e. The first-order chi connectivity index (χ1) is 6.98. The third kappa shape index (κ3) is 2.19. The number of aliphatic hydroxyl groups excluding tert-OH is 1. The van der Waals surface area contributed by atoms with Crippen molar-refractivity contribution in [2.24, 2.45) is 0 Å². The zero-order valence-electron chi connectivity index (χ0n) is 8.67. The van der Waals surface area contributed by atoms with E-state index in [0.29, 0.717) is 6.61 Å². The molecule has 15 heavy (non-hydrogen) atoms. The molecule has 0 aromatic rings. The highest BCUT2D eigenvalue weighted by Gasteiger charge is 2.42. The molecular formula is C10H14O5. The molecule has 0 aliphatic carbocycles. The van der Waals surface area contributed by atoms with E-state index >= 15 is 0 Å². The van der Waals surface area contributed by atoms with Gasteiger partial charge >= 0.3 is 5.97 Å². The van der Waals surface area contributed by atoms with E-state index in [4.69, 9.17) is 14.2 Å². The highest BCUT2D eigenvalue weighted by atomic mass is 16.8. The van der Waals surface area contributed by atoms with Crippen LogP contribution in [-0.4, -0.2) is 41.8 Å². The molecule has 0 radical (unpaired) electrons. The lowest BCUT2D eigenvalue weighted by atomic mass is 10.1. The fourth-order valence-corrected chi connectivity index (χ4v) is 1.70. The summed E-state index contributed by atoms with van der Waals surface area (Å²) in [6.45, 7) is 3.87. The van der Waals surface area contributed by atoms with Crippen LogP contribution in [0.25, 0.3) is 0 Å². The minimum atomic E-state index is -0.829. The van der Waals surface area contributed by atoms with Gasteiger partial charge in [-0.2, -0.15) is 0 Å². The van der Waals surface area contributed by atoms with Gasteiger partial charge in [-0.15, -0.1) is 0 Å². The Balaban J connectivity index is 2.05. The Hall–Kier alpha value is -0.910. The van der Waals surface area contributed by atoms with Gasteiger partial charge in [-0.05, 0) is 19.9 Å². The summed E-state index contributed by atoms with van der Waals surface area (Å²) >= 11 is 0. The van der Waals surface area contributed by atoms with E-state index in [1.54, 1.807) is 13.8 Å². The lowest BCUT2D eigenvalue weighted by Crippen LogP contribution is -2.44. The van der Waals surface area contributed by atoms with Crippen LogP contribution in [0, 0.1) is 0 Å². The van der Waals surface area contributed by atoms with Crippen molar-refractivity contribution in [3.8, 4) is 0 Å². The fraction of sp³-hybridized carbons (Fsp3) is 0.700. The normalized spacial score (nSPS) is 39.1. The number of carbonyl (C=O) groups is 1. The zero-order chi connectivity index (χ0) is 11.1. The number of aliphatic hydroxyl groups is 1. The minimum absolute atomic E-state index is 0.315. The summed E-state index contributed by atoms with van der Waals surface area (Å²) < 4.78 is 15.8. The number of ether oxygens (including phenoxy) is 3. The van der Waals surface area contributed by atoms with Crippen molar-refractivity contribution in [1.82, 2.24) is 0 Å². The molecule has 0 unspecified atom stereocenters. The van der Waals surface area contributed by atoms with Gasteiger partial charge in [-0.3, -0.25) is 0 Å². The van der Waals surface area contributed by atoms with Gasteiger partial charge in [0.25, 0.3) is 0 Å². The second kappa shape index (κ2) is 3.59. The molecule has 0 bridgehead atoms. The summed E-state index contributed by atoms with van der Waals surface area (Å²) in [6, 6.07) is 0. The zero-order valence-corrected chi connectivity index (χ0v) is 8.67. The highest BCUT2D eigenvalue weighted by molar-refractivity contribution is 5.83. The quantitative estimate of drug-likeness (QED) is 0.621. The van der Waals surface area contributed by atoms with Crippen molar-refractivity contribution >= 4 is 5.97 Å². The number of hydrogen-bond acceptors (Lipinski definition) is 5. The fourth-order valence-electron chi connectivity index (χ4n) is 1.70. The predicted octanol–water partition coefficient (Wildman–Crippen LogP) is -0.0196. The molecule has 0 spiro atoms. The summed E-state index contributed by atoms with van der Waals surface area (Å²) in [6.07, 6.45) is 0.700. The Bertz CT molecular complexity index is 296. The molecule has 5 heteroatoms. The molecule has 1 N–H and O–H groups in total. The van der Waals surface area contributed by atoms with Gasteiger partial charge in [0.15, 0.2) is 11.9 Å². The topological polar surface area (TPSA) is 65.0 Å². The van der Waals surface area contributed by atoms with E-state index in [9.17, 15) is 9.90 Å². The Kier molecular flexibility index (Phi) is 2.54. The average Bonchev–Trinajstić information content (AvgIpc) is 2.50. The number of cyclic esters (lactones) is 1. The smallest absolute Gasteiger partial charge is 0.330 e. The third-order valence-electron chi connectivity index (χ3n) is 2.42. The lowest BCUT2D eigenvalue weighted by molar-refractivity contribution is -0.177. The summed E-state index contributed by atoms with van der Waals surface area (Å²) in [5.41, 5.74) is 0. The lowest BCUT2D eigenvalue weighted by Gasteiger charge is -2.28. The van der Waals surface area contributed by atoms with Crippen LogP contribution in [0.15, 0.2) is 12.2 Å². The monoisotopic (exact) mass is 214 g/mol. The average molecular weight is 214 g/mol. The van der Waals surface area contributed by atoms with Crippen molar-refractivity contribution in [2.45, 2.75) is 37.9 Å². The van der Waals surface area contributed by atoms with Crippen LogP contribution in [0.5, 0.6) is 0 Å². The SMILES string of the molecule is CC1(C)OC[C@H]([C@@H]2OC(=O)C=C[C@@H]2O)O1. The van der Waals surface area contributed by atoms with Gasteiger partial charge in [0.1, 0.15) is 12.2 Å². The van der Waals surface area contributed by atoms with Crippen molar-refractivity contribution in [1.29, 1.82) is 0 Å². The van der Waals surface area contributed by atoms with Crippen LogP contribution in [0.3, 0.4) is 0 Å². The molecule has 2 aliphatic rings. The molecule has 0 aromatic heterocycles. The molecule has 1 fully saturated rings. The molecule has 1 saturated heterocycles. The molecule has 84 valence electrons.